The van der Waals surface area contributed by atoms with E-state index in [1.807, 2.05) is 107 Å². The minimum atomic E-state index is -0.717. The van der Waals surface area contributed by atoms with Crippen molar-refractivity contribution in [3.05, 3.63) is 83.7 Å². The number of ether oxygens (including phenoxy) is 2. The summed E-state index contributed by atoms with van der Waals surface area (Å²) >= 11 is 0. The van der Waals surface area contributed by atoms with Crippen LogP contribution in [0.5, 0.6) is 0 Å². The molecular weight excluding hydrogens is 797 g/mol. The molecule has 2 aliphatic rings. The van der Waals surface area contributed by atoms with Gasteiger partial charge in [0, 0.05) is 31.3 Å². The van der Waals surface area contributed by atoms with Crippen LogP contribution in [0.15, 0.2) is 60.9 Å². The summed E-state index contributed by atoms with van der Waals surface area (Å²) in [7, 11) is 1.63. The van der Waals surface area contributed by atoms with Gasteiger partial charge in [-0.2, -0.15) is 0 Å². The molecule has 2 aromatic heterocycles. The number of nitrogens with zero attached hydrogens (tertiary/aromatic N) is 5. The van der Waals surface area contributed by atoms with Crippen molar-refractivity contribution in [3.63, 3.8) is 0 Å². The smallest absolute Gasteiger partial charge is 0.410 e. The molecule has 2 aliphatic heterocycles. The molecule has 0 saturated carbocycles. The van der Waals surface area contributed by atoms with E-state index >= 15 is 0 Å². The van der Waals surface area contributed by atoms with Gasteiger partial charge in [0.2, 0.25) is 11.8 Å². The largest absolute Gasteiger partial charge is 0.444 e. The van der Waals surface area contributed by atoms with Gasteiger partial charge in [-0.3, -0.25) is 14.5 Å². The molecule has 6 rings (SSSR count). The number of likely N-dealkylation sites (tertiary alicyclic amines) is 2. The lowest BCUT2D eigenvalue weighted by molar-refractivity contribution is -0.139. The maximum Gasteiger partial charge on any atom is 0.410 e. The van der Waals surface area contributed by atoms with Crippen LogP contribution in [0.2, 0.25) is 0 Å². The number of imidazole rings is 2. The van der Waals surface area contributed by atoms with E-state index in [9.17, 15) is 19.2 Å². The molecule has 63 heavy (non-hydrogen) atoms. The number of aromatic amines is 2. The molecule has 3 N–H and O–H groups in total. The van der Waals surface area contributed by atoms with E-state index in [1.165, 1.54) is 4.90 Å². The third-order valence-corrected chi connectivity index (χ3v) is 11.2. The summed E-state index contributed by atoms with van der Waals surface area (Å²) in [5.74, 6) is 7.46. The maximum atomic E-state index is 14.0. The van der Waals surface area contributed by atoms with Crippen LogP contribution >= 0.6 is 0 Å². The van der Waals surface area contributed by atoms with Crippen molar-refractivity contribution in [1.29, 1.82) is 0 Å². The summed E-state index contributed by atoms with van der Waals surface area (Å²) in [5, 5.41) is 2.80. The first-order chi connectivity index (χ1) is 29.7. The van der Waals surface area contributed by atoms with Gasteiger partial charge < -0.3 is 34.6 Å². The van der Waals surface area contributed by atoms with E-state index < -0.39 is 35.5 Å². The van der Waals surface area contributed by atoms with E-state index in [1.54, 1.807) is 40.2 Å². The highest BCUT2D eigenvalue weighted by Crippen LogP contribution is 2.35. The summed E-state index contributed by atoms with van der Waals surface area (Å²) < 4.78 is 11.0. The van der Waals surface area contributed by atoms with Gasteiger partial charge in [-0.25, -0.2) is 19.6 Å². The van der Waals surface area contributed by atoms with E-state index in [0.29, 0.717) is 18.9 Å². The number of aromatic nitrogens is 4. The van der Waals surface area contributed by atoms with Gasteiger partial charge in [-0.15, -0.1) is 0 Å². The quantitative estimate of drug-likeness (QED) is 0.133. The van der Waals surface area contributed by atoms with Crippen LogP contribution in [-0.2, 0) is 19.1 Å². The van der Waals surface area contributed by atoms with Crippen LogP contribution in [0.1, 0.15) is 130 Å². The van der Waals surface area contributed by atoms with Crippen LogP contribution < -0.4 is 5.32 Å². The average Bonchev–Trinajstić information content (AvgIpc) is 4.05. The lowest BCUT2D eigenvalue weighted by atomic mass is 10.0. The summed E-state index contributed by atoms with van der Waals surface area (Å²) in [6.07, 6.45) is 5.69. The molecule has 4 amide bonds. The average molecular weight is 861 g/mol. The topological polar surface area (TPSA) is 166 Å². The van der Waals surface area contributed by atoms with E-state index in [2.05, 4.69) is 32.1 Å². The van der Waals surface area contributed by atoms with E-state index in [0.717, 1.165) is 65.1 Å². The number of carbonyl (C=O) groups is 4. The third kappa shape index (κ3) is 11.5. The Morgan fingerprint density at radius 2 is 1.14 bits per heavy atom. The Bertz CT molecular complexity index is 2310. The van der Waals surface area contributed by atoms with Gasteiger partial charge in [0.1, 0.15) is 34.9 Å². The van der Waals surface area contributed by atoms with Crippen LogP contribution in [-0.4, -0.2) is 102 Å². The number of likely N-dealkylation sites (N-methyl/N-ethyl adjacent to an activating group) is 1. The van der Waals surface area contributed by atoms with Crippen molar-refractivity contribution in [2.75, 3.05) is 20.1 Å². The van der Waals surface area contributed by atoms with E-state index in [4.69, 9.17) is 14.5 Å². The maximum absolute atomic E-state index is 14.0. The van der Waals surface area contributed by atoms with Crippen molar-refractivity contribution in [1.82, 2.24) is 40.0 Å². The molecule has 2 fully saturated rings. The number of benzene rings is 2. The molecular formula is C49H64N8O6. The van der Waals surface area contributed by atoms with Gasteiger partial charge >= 0.3 is 12.2 Å². The summed E-state index contributed by atoms with van der Waals surface area (Å²) in [5.41, 5.74) is 3.96. The first kappa shape index (κ1) is 46.4. The number of rotatable bonds is 10. The molecule has 0 bridgehead atoms. The molecule has 4 aromatic rings. The van der Waals surface area contributed by atoms with Crippen LogP contribution in [0.3, 0.4) is 0 Å². The number of hydrogen-bond donors (Lipinski definition) is 3. The molecule has 0 aliphatic carbocycles. The van der Waals surface area contributed by atoms with Crippen molar-refractivity contribution in [3.8, 4) is 34.4 Å². The number of nitrogens with one attached hydrogen (secondary N) is 3. The Morgan fingerprint density at radius 1 is 0.698 bits per heavy atom. The fourth-order valence-corrected chi connectivity index (χ4v) is 8.19. The van der Waals surface area contributed by atoms with Crippen LogP contribution in [0.4, 0.5) is 9.59 Å². The number of amides is 4. The zero-order valence-corrected chi connectivity index (χ0v) is 38.7. The summed E-state index contributed by atoms with van der Waals surface area (Å²) in [4.78, 5) is 74.7. The Morgan fingerprint density at radius 3 is 1.56 bits per heavy atom. The van der Waals surface area contributed by atoms with Gasteiger partial charge in [-0.1, -0.05) is 63.8 Å². The number of hydrogen-bond acceptors (Lipinski definition) is 8. The fourth-order valence-electron chi connectivity index (χ4n) is 8.19. The minimum Gasteiger partial charge on any atom is -0.444 e. The highest BCUT2D eigenvalue weighted by molar-refractivity contribution is 5.87. The van der Waals surface area contributed by atoms with Crippen molar-refractivity contribution in [2.24, 2.45) is 11.8 Å². The molecule has 14 heteroatoms. The highest BCUT2D eigenvalue weighted by atomic mass is 16.6. The second-order valence-corrected chi connectivity index (χ2v) is 19.3. The molecule has 2 aromatic carbocycles. The SMILES string of the molecule is CC(C)[C@@H](NC(=O)OC(C)(C)C)C(=O)N1CCCC1c1ncc(-c2ccc(C#Cc3ccc(-c4cnc(C5CCCN5C(=O)[C@@H](C(C)C)N(C)C(=O)OC(C)(C)C)[nH]4)cc3)cc2)[nH]1. The van der Waals surface area contributed by atoms with Crippen molar-refractivity contribution in [2.45, 2.75) is 130 Å². The van der Waals surface area contributed by atoms with Crippen molar-refractivity contribution < 1.29 is 28.7 Å². The van der Waals surface area contributed by atoms with Gasteiger partial charge in [0.05, 0.1) is 35.9 Å². The van der Waals surface area contributed by atoms with E-state index in [-0.39, 0.29) is 35.7 Å². The molecule has 0 spiro atoms. The van der Waals surface area contributed by atoms with Crippen LogP contribution in [0, 0.1) is 23.7 Å². The molecule has 0 radical (unpaired) electrons. The first-order valence-corrected chi connectivity index (χ1v) is 22.1. The van der Waals surface area contributed by atoms with Gasteiger partial charge in [0.15, 0.2) is 0 Å². The Hall–Kier alpha value is -6.10. The molecule has 14 nitrogen and oxygen atoms in total. The van der Waals surface area contributed by atoms with Crippen molar-refractivity contribution >= 4 is 24.0 Å². The van der Waals surface area contributed by atoms with Gasteiger partial charge in [0.25, 0.3) is 0 Å². The molecule has 336 valence electrons. The Kier molecular flexibility index (Phi) is 14.1. The number of carbonyl (C=O) groups excluding carboxylic acids is 4. The lowest BCUT2D eigenvalue weighted by Crippen LogP contribution is -2.52. The Balaban J connectivity index is 1.07. The monoisotopic (exact) mass is 860 g/mol. The second kappa shape index (κ2) is 19.1. The first-order valence-electron chi connectivity index (χ1n) is 22.1. The number of alkyl carbamates (subject to hydrolysis) is 1. The van der Waals surface area contributed by atoms with Gasteiger partial charge in [-0.05, 0) is 114 Å². The van der Waals surface area contributed by atoms with Crippen LogP contribution in [0.25, 0.3) is 22.5 Å². The Labute approximate surface area is 371 Å². The normalized spacial score (nSPS) is 17.6. The predicted molar refractivity (Wildman–Crippen MR) is 242 cm³/mol. The minimum absolute atomic E-state index is 0.111. The lowest BCUT2D eigenvalue weighted by Gasteiger charge is -2.35. The zero-order valence-electron chi connectivity index (χ0n) is 38.7. The number of H-pyrrole nitrogens is 2. The summed E-state index contributed by atoms with van der Waals surface area (Å²) in [6, 6.07) is 14.1. The molecule has 4 heterocycles. The second-order valence-electron chi connectivity index (χ2n) is 19.3. The standard InChI is InChI=1S/C49H64N8O6/c1-30(2)40(54-46(60)62-48(5,6)7)44(58)56-26-12-14-38(56)42-50-28-36(52-42)34-22-18-32(19-23-34)16-17-33-20-24-35(25-21-33)37-29-51-43(53-37)39-15-13-27-57(39)45(59)41(31(3)4)55(11)47(61)63-49(8,9)10/h18-25,28-31,38-41H,12-15,26-27H2,1-11H3,(H,50,52)(H,51,53)(H,54,60)/t38?,39?,40-,41-/m1/s1. The highest BCUT2D eigenvalue weighted by Gasteiger charge is 2.41. The zero-order chi connectivity index (χ0) is 45.8. The molecule has 2 unspecified atom stereocenters. The fraction of sp³-hybridized carbons (Fsp3) is 0.510. The third-order valence-electron chi connectivity index (χ3n) is 11.2. The molecule has 4 atom stereocenters. The molecule has 2 saturated heterocycles. The summed E-state index contributed by atoms with van der Waals surface area (Å²) in [6.45, 7) is 19.7. The predicted octanol–water partition coefficient (Wildman–Crippen LogP) is 8.63.